The van der Waals surface area contributed by atoms with Gasteiger partial charge in [0, 0.05) is 62.4 Å². The summed E-state index contributed by atoms with van der Waals surface area (Å²) in [5.74, 6) is -3.97. The zero-order chi connectivity index (χ0) is 53.9. The third-order valence-electron chi connectivity index (χ3n) is 12.8. The molecule has 2 aliphatic rings. The first-order valence-corrected chi connectivity index (χ1v) is 24.3. The number of aryl methyl sites for hydroxylation is 4. The molecular weight excluding hydrogens is 983 g/mol. The first-order chi connectivity index (χ1) is 36.5. The summed E-state index contributed by atoms with van der Waals surface area (Å²) in [5, 5.41) is 33.2. The minimum absolute atomic E-state index is 0.000623. The smallest absolute Gasteiger partial charge is 0.276 e. The van der Waals surface area contributed by atoms with Gasteiger partial charge in [-0.1, -0.05) is 24.3 Å². The maximum absolute atomic E-state index is 13.7. The number of rotatable bonds is 19. The summed E-state index contributed by atoms with van der Waals surface area (Å²) in [6.07, 6.45) is 2.27. The van der Waals surface area contributed by atoms with Gasteiger partial charge >= 0.3 is 0 Å². The van der Waals surface area contributed by atoms with Crippen LogP contribution in [0.15, 0.2) is 78.9 Å². The molecule has 392 valence electrons. The highest BCUT2D eigenvalue weighted by atomic mass is 16.5. The summed E-state index contributed by atoms with van der Waals surface area (Å²) in [6, 6.07) is 16.5. The predicted octanol–water partition coefficient (Wildman–Crippen LogP) is 2.47. The van der Waals surface area contributed by atoms with E-state index in [4.69, 9.17) is 15.5 Å². The van der Waals surface area contributed by atoms with Crippen molar-refractivity contribution in [1.29, 1.82) is 0 Å². The number of benzene rings is 3. The Morgan fingerprint density at radius 1 is 0.763 bits per heavy atom. The molecule has 8 amide bonds. The van der Waals surface area contributed by atoms with Crippen molar-refractivity contribution >= 4 is 81.2 Å². The normalized spacial score (nSPS) is 15.3. The fourth-order valence-corrected chi connectivity index (χ4v) is 9.18. The van der Waals surface area contributed by atoms with Crippen molar-refractivity contribution in [2.75, 3.05) is 30.3 Å². The van der Waals surface area contributed by atoms with Gasteiger partial charge in [0.2, 0.25) is 29.6 Å². The third-order valence-corrected chi connectivity index (χ3v) is 12.8. The second kappa shape index (κ2) is 21.5. The van der Waals surface area contributed by atoms with E-state index in [0.29, 0.717) is 57.9 Å². The number of aliphatic hydroxyl groups is 1. The molecule has 0 saturated carbocycles. The van der Waals surface area contributed by atoms with E-state index in [-0.39, 0.29) is 78.9 Å². The standard InChI is InChI=1S/C51H53N15O10/c1-5-64-37(22-27(3)60-64)46(72)58-50-55-32-24-29(43(52)69)12-14-34(32)62(50)20-7-8-21-63-35-15-13-30(25-33(35)56-51(63)59-47(73)38-23-28(4)61-65(38)6-2)44(70)54-19-18-53-41(68)26-76-39-11-9-10-31-42(39)49(75)66(48(31)74)36-16-17-40(67)57-45(36)71/h7-15,22-25,36,48,74H,5-6,16-21,26H2,1-4H3,(H2,52,69)(H,53,68)(H,54,70)(H,55,58,72)(H,56,59,73)(H,57,67,71)/b8-7+. The molecule has 2 atom stereocenters. The monoisotopic (exact) mass is 1040 g/mol. The van der Waals surface area contributed by atoms with Gasteiger partial charge in [-0.05, 0) is 88.7 Å². The van der Waals surface area contributed by atoms with Crippen LogP contribution in [0.3, 0.4) is 0 Å². The number of carbonyl (C=O) groups excluding carboxylic acids is 8. The minimum Gasteiger partial charge on any atom is -0.483 e. The fraction of sp³-hybridized carbons (Fsp3) is 0.294. The number of fused-ring (bicyclic) bond motifs is 3. The maximum atomic E-state index is 13.7. The number of hydrogen-bond acceptors (Lipinski definition) is 14. The number of imidazole rings is 2. The SMILES string of the molecule is CCn1nc(C)cc1C(=O)Nc1nc2cc(C(N)=O)ccc2n1C/C=C/Cn1c(NC(=O)c2cc(C)nn2CC)nc2cc(C(=O)NCCNC(=O)COc3cccc4c3C(=O)N(C3CCC(=O)NC3=O)C4O)ccc21. The lowest BCUT2D eigenvalue weighted by Crippen LogP contribution is -2.53. The van der Waals surface area contributed by atoms with Gasteiger partial charge in [-0.2, -0.15) is 10.2 Å². The largest absolute Gasteiger partial charge is 0.483 e. The van der Waals surface area contributed by atoms with Crippen LogP contribution in [0.25, 0.3) is 22.1 Å². The molecule has 8 N–H and O–H groups in total. The number of primary amides is 1. The second-order valence-electron chi connectivity index (χ2n) is 17.9. The van der Waals surface area contributed by atoms with Gasteiger partial charge in [0.15, 0.2) is 12.8 Å². The molecule has 76 heavy (non-hydrogen) atoms. The van der Waals surface area contributed by atoms with Crippen LogP contribution in [-0.4, -0.2) is 122 Å². The molecule has 1 fully saturated rings. The first-order valence-electron chi connectivity index (χ1n) is 24.3. The van der Waals surface area contributed by atoms with Crippen LogP contribution in [-0.2, 0) is 40.6 Å². The lowest BCUT2D eigenvalue weighted by molar-refractivity contribution is -0.139. The Hall–Kier alpha value is -9.52. The predicted molar refractivity (Wildman–Crippen MR) is 273 cm³/mol. The summed E-state index contributed by atoms with van der Waals surface area (Å²) >= 11 is 0. The Labute approximate surface area is 432 Å². The lowest BCUT2D eigenvalue weighted by Gasteiger charge is -2.31. The molecule has 6 heterocycles. The molecule has 2 aliphatic heterocycles. The molecule has 25 nitrogen and oxygen atoms in total. The van der Waals surface area contributed by atoms with Gasteiger partial charge < -0.3 is 35.3 Å². The molecule has 1 saturated heterocycles. The average Bonchev–Trinajstić information content (AvgIpc) is 4.22. The number of nitrogens with two attached hydrogens (primary N) is 1. The highest BCUT2D eigenvalue weighted by molar-refractivity contribution is 6.08. The van der Waals surface area contributed by atoms with Gasteiger partial charge in [0.1, 0.15) is 23.2 Å². The summed E-state index contributed by atoms with van der Waals surface area (Å²) in [6.45, 7) is 8.16. The quantitative estimate of drug-likeness (QED) is 0.0348. The lowest BCUT2D eigenvalue weighted by atomic mass is 10.0. The summed E-state index contributed by atoms with van der Waals surface area (Å²) in [7, 11) is 0. The van der Waals surface area contributed by atoms with Crippen molar-refractivity contribution in [3.8, 4) is 5.75 Å². The van der Waals surface area contributed by atoms with Crippen LogP contribution in [0.2, 0.25) is 0 Å². The van der Waals surface area contributed by atoms with E-state index in [1.165, 1.54) is 18.2 Å². The zero-order valence-electron chi connectivity index (χ0n) is 41.7. The zero-order valence-corrected chi connectivity index (χ0v) is 41.7. The fourth-order valence-electron chi connectivity index (χ4n) is 9.18. The van der Waals surface area contributed by atoms with E-state index in [1.54, 1.807) is 80.9 Å². The van der Waals surface area contributed by atoms with Crippen molar-refractivity contribution in [3.05, 3.63) is 124 Å². The Bertz CT molecular complexity index is 3550. The molecule has 2 unspecified atom stereocenters. The van der Waals surface area contributed by atoms with E-state index in [2.05, 4.69) is 41.8 Å². The molecular formula is C51H53N15O10. The van der Waals surface area contributed by atoms with Crippen LogP contribution in [0, 0.1) is 13.8 Å². The van der Waals surface area contributed by atoms with E-state index in [1.807, 2.05) is 26.0 Å². The van der Waals surface area contributed by atoms with Crippen LogP contribution < -0.4 is 37.1 Å². The van der Waals surface area contributed by atoms with Crippen LogP contribution in [0.5, 0.6) is 5.75 Å². The Morgan fingerprint density at radius 3 is 1.89 bits per heavy atom. The van der Waals surface area contributed by atoms with Crippen molar-refractivity contribution < 1.29 is 48.2 Å². The Kier molecular flexibility index (Phi) is 14.5. The molecule has 25 heteroatoms. The number of carbonyl (C=O) groups is 8. The molecule has 0 radical (unpaired) electrons. The van der Waals surface area contributed by atoms with Crippen LogP contribution >= 0.6 is 0 Å². The number of hydrogen-bond donors (Lipinski definition) is 7. The number of ether oxygens (including phenoxy) is 1. The maximum Gasteiger partial charge on any atom is 0.276 e. The molecule has 7 aromatic rings. The second-order valence-corrected chi connectivity index (χ2v) is 17.9. The number of piperidine rings is 1. The minimum atomic E-state index is -1.46. The molecule has 0 aliphatic carbocycles. The highest BCUT2D eigenvalue weighted by Crippen LogP contribution is 2.39. The summed E-state index contributed by atoms with van der Waals surface area (Å²) in [5.41, 5.74) is 10.3. The molecule has 3 aromatic carbocycles. The molecule has 0 spiro atoms. The van der Waals surface area contributed by atoms with Crippen LogP contribution in [0.4, 0.5) is 11.9 Å². The van der Waals surface area contributed by atoms with Gasteiger partial charge in [0.25, 0.3) is 29.5 Å². The van der Waals surface area contributed by atoms with Crippen LogP contribution in [0.1, 0.15) is 102 Å². The summed E-state index contributed by atoms with van der Waals surface area (Å²) < 4.78 is 12.4. The first kappa shape index (κ1) is 51.4. The third kappa shape index (κ3) is 10.3. The Balaban J connectivity index is 0.871. The molecule has 9 rings (SSSR count). The number of allylic oxidation sites excluding steroid dienone is 2. The Morgan fingerprint density at radius 2 is 1.33 bits per heavy atom. The number of nitrogens with zero attached hydrogens (tertiary/aromatic N) is 9. The average molecular weight is 1040 g/mol. The topological polar surface area (TPSA) is 327 Å². The molecule has 0 bridgehead atoms. The van der Waals surface area contributed by atoms with E-state index < -0.39 is 66.1 Å². The van der Waals surface area contributed by atoms with Crippen molar-refractivity contribution in [3.63, 3.8) is 0 Å². The van der Waals surface area contributed by atoms with E-state index >= 15 is 0 Å². The highest BCUT2D eigenvalue weighted by Gasteiger charge is 2.46. The summed E-state index contributed by atoms with van der Waals surface area (Å²) in [4.78, 5) is 114. The van der Waals surface area contributed by atoms with Gasteiger partial charge in [0.05, 0.1) is 39.0 Å². The van der Waals surface area contributed by atoms with E-state index in [0.717, 1.165) is 4.90 Å². The number of nitrogens with one attached hydrogen (secondary N) is 5. The van der Waals surface area contributed by atoms with Crippen molar-refractivity contribution in [2.24, 2.45) is 5.73 Å². The van der Waals surface area contributed by atoms with Gasteiger partial charge in [-0.15, -0.1) is 0 Å². The number of aliphatic hydroxyl groups excluding tert-OH is 1. The van der Waals surface area contributed by atoms with Crippen molar-refractivity contribution in [2.45, 2.75) is 79.0 Å². The van der Waals surface area contributed by atoms with Gasteiger partial charge in [-0.3, -0.25) is 68.6 Å². The molecule has 4 aromatic heterocycles. The number of imide groups is 1. The number of aromatic nitrogens is 8. The number of amides is 8. The van der Waals surface area contributed by atoms with Gasteiger partial charge in [-0.25, -0.2) is 9.97 Å². The van der Waals surface area contributed by atoms with E-state index in [9.17, 15) is 43.5 Å². The van der Waals surface area contributed by atoms with Crippen molar-refractivity contribution in [1.82, 2.24) is 59.5 Å². The number of anilines is 2.